The van der Waals surface area contributed by atoms with Crippen molar-refractivity contribution in [2.75, 3.05) is 11.9 Å². The second kappa shape index (κ2) is 5.71. The van der Waals surface area contributed by atoms with Crippen LogP contribution in [0.5, 0.6) is 0 Å². The lowest BCUT2D eigenvalue weighted by Gasteiger charge is -2.19. The second-order valence-electron chi connectivity index (χ2n) is 6.57. The number of H-pyrrole nitrogens is 1. The molecule has 0 amide bonds. The van der Waals surface area contributed by atoms with Crippen LogP contribution in [0.25, 0.3) is 5.57 Å². The van der Waals surface area contributed by atoms with Crippen LogP contribution in [0.3, 0.4) is 0 Å². The average Bonchev–Trinajstić information content (AvgIpc) is 3.17. The zero-order valence-electron chi connectivity index (χ0n) is 13.9. The number of nitrogens with one attached hydrogen (secondary N) is 3. The van der Waals surface area contributed by atoms with Crippen LogP contribution in [0.4, 0.5) is 5.69 Å². The van der Waals surface area contributed by atoms with Crippen molar-refractivity contribution in [3.05, 3.63) is 71.2 Å². The second-order valence-corrected chi connectivity index (χ2v) is 6.57. The number of dihydropyridines is 1. The lowest BCUT2D eigenvalue weighted by Crippen LogP contribution is -2.16. The molecule has 4 rings (SSSR count). The molecule has 0 saturated carbocycles. The number of Topliss-reactive ketones (excluding diaryl/α,β-unsaturated/α-hetero) is 1. The molecule has 122 valence electrons. The smallest absolute Gasteiger partial charge is 0.159 e. The summed E-state index contributed by atoms with van der Waals surface area (Å²) in [6.07, 6.45) is 6.29. The minimum absolute atomic E-state index is 0.0943. The minimum atomic E-state index is 0.0943. The first-order chi connectivity index (χ1) is 11.6. The zero-order valence-corrected chi connectivity index (χ0v) is 13.9. The van der Waals surface area contributed by atoms with Gasteiger partial charge in [0.1, 0.15) is 0 Å². The van der Waals surface area contributed by atoms with Gasteiger partial charge in [-0.15, -0.1) is 0 Å². The molecule has 0 saturated heterocycles. The van der Waals surface area contributed by atoms with E-state index in [4.69, 9.17) is 0 Å². The van der Waals surface area contributed by atoms with Gasteiger partial charge in [0.2, 0.25) is 0 Å². The van der Waals surface area contributed by atoms with Gasteiger partial charge < -0.3 is 15.6 Å². The summed E-state index contributed by atoms with van der Waals surface area (Å²) in [5.74, 6) is 0.617. The number of benzene rings is 1. The molecule has 0 aliphatic carbocycles. The van der Waals surface area contributed by atoms with E-state index in [0.717, 1.165) is 23.4 Å². The van der Waals surface area contributed by atoms with Crippen molar-refractivity contribution in [2.24, 2.45) is 0 Å². The van der Waals surface area contributed by atoms with E-state index in [9.17, 15) is 4.79 Å². The maximum absolute atomic E-state index is 11.4. The van der Waals surface area contributed by atoms with Crippen LogP contribution in [-0.2, 0) is 0 Å². The maximum Gasteiger partial charge on any atom is 0.159 e. The minimum Gasteiger partial charge on any atom is -0.383 e. The predicted octanol–water partition coefficient (Wildman–Crippen LogP) is 3.99. The lowest BCUT2D eigenvalue weighted by molar-refractivity contribution is 0.101. The first-order valence-electron chi connectivity index (χ1n) is 8.34. The number of aromatic nitrogens is 1. The Labute approximate surface area is 141 Å². The number of rotatable bonds is 3. The highest BCUT2D eigenvalue weighted by molar-refractivity contribution is 5.94. The Kier molecular flexibility index (Phi) is 3.53. The fourth-order valence-electron chi connectivity index (χ4n) is 3.35. The summed E-state index contributed by atoms with van der Waals surface area (Å²) in [5, 5.41) is 6.81. The Balaban J connectivity index is 1.62. The van der Waals surface area contributed by atoms with Crippen molar-refractivity contribution in [3.63, 3.8) is 0 Å². The lowest BCUT2D eigenvalue weighted by atomic mass is 9.98. The van der Waals surface area contributed by atoms with Crippen molar-refractivity contribution in [1.82, 2.24) is 10.3 Å². The van der Waals surface area contributed by atoms with E-state index in [1.807, 2.05) is 30.5 Å². The van der Waals surface area contributed by atoms with E-state index in [1.165, 1.54) is 17.0 Å². The molecule has 2 unspecified atom stereocenters. The number of allylic oxidation sites excluding steroid dienone is 2. The molecule has 24 heavy (non-hydrogen) atoms. The fourth-order valence-corrected chi connectivity index (χ4v) is 3.35. The number of anilines is 1. The SMILES string of the molecule is CC(=O)c1ccc(C2C=C(c3cc4c([nH]3)C(C)CN4)C=CN2)cc1. The molecule has 2 aromatic rings. The van der Waals surface area contributed by atoms with E-state index in [-0.39, 0.29) is 11.8 Å². The molecule has 4 heteroatoms. The molecule has 2 atom stereocenters. The van der Waals surface area contributed by atoms with Crippen LogP contribution in [0, 0.1) is 0 Å². The Morgan fingerprint density at radius 1 is 1.21 bits per heavy atom. The number of aromatic amines is 1. The van der Waals surface area contributed by atoms with Gasteiger partial charge in [0, 0.05) is 29.4 Å². The van der Waals surface area contributed by atoms with Crippen molar-refractivity contribution in [2.45, 2.75) is 25.8 Å². The number of carbonyl (C=O) groups excluding carboxylic acids is 1. The van der Waals surface area contributed by atoms with Crippen molar-refractivity contribution < 1.29 is 4.79 Å². The molecule has 3 heterocycles. The van der Waals surface area contributed by atoms with Crippen LogP contribution in [0.15, 0.2) is 48.7 Å². The number of hydrogen-bond donors (Lipinski definition) is 3. The van der Waals surface area contributed by atoms with Gasteiger partial charge in [-0.2, -0.15) is 0 Å². The van der Waals surface area contributed by atoms with E-state index in [2.05, 4.69) is 40.8 Å². The van der Waals surface area contributed by atoms with Gasteiger partial charge in [0.15, 0.2) is 5.78 Å². The van der Waals surface area contributed by atoms with Crippen LogP contribution in [-0.4, -0.2) is 17.3 Å². The highest BCUT2D eigenvalue weighted by Gasteiger charge is 2.22. The number of carbonyl (C=O) groups is 1. The largest absolute Gasteiger partial charge is 0.383 e. The Bertz CT molecular complexity index is 842. The molecular weight excluding hydrogens is 298 g/mol. The normalized spacial score (nSPS) is 21.7. The number of hydrogen-bond acceptors (Lipinski definition) is 3. The van der Waals surface area contributed by atoms with Crippen LogP contribution >= 0.6 is 0 Å². The summed E-state index contributed by atoms with van der Waals surface area (Å²) in [6, 6.07) is 10.1. The molecular formula is C20H21N3O. The van der Waals surface area contributed by atoms with E-state index in [0.29, 0.717) is 5.92 Å². The fraction of sp³-hybridized carbons (Fsp3) is 0.250. The Hall–Kier alpha value is -2.75. The number of ketones is 1. The zero-order chi connectivity index (χ0) is 16.7. The first-order valence-corrected chi connectivity index (χ1v) is 8.34. The highest BCUT2D eigenvalue weighted by Crippen LogP contribution is 2.35. The molecule has 0 fully saturated rings. The third kappa shape index (κ3) is 2.54. The standard InChI is InChI=1S/C20H21N3O/c1-12-11-22-19-10-18(23-20(12)19)16-7-8-21-17(9-16)15-5-3-14(4-6-15)13(2)24/h3-10,12,17,21-23H,11H2,1-2H3. The summed E-state index contributed by atoms with van der Waals surface area (Å²) >= 11 is 0. The molecule has 3 N–H and O–H groups in total. The van der Waals surface area contributed by atoms with Gasteiger partial charge in [-0.3, -0.25) is 4.79 Å². The third-order valence-corrected chi connectivity index (χ3v) is 4.81. The monoisotopic (exact) mass is 319 g/mol. The quantitative estimate of drug-likeness (QED) is 0.750. The molecule has 4 nitrogen and oxygen atoms in total. The predicted molar refractivity (Wildman–Crippen MR) is 97.1 cm³/mol. The Morgan fingerprint density at radius 2 is 2.00 bits per heavy atom. The van der Waals surface area contributed by atoms with Crippen LogP contribution in [0.2, 0.25) is 0 Å². The van der Waals surface area contributed by atoms with Gasteiger partial charge in [-0.25, -0.2) is 0 Å². The molecule has 2 aliphatic rings. The summed E-state index contributed by atoms with van der Waals surface area (Å²) in [7, 11) is 0. The Morgan fingerprint density at radius 3 is 2.71 bits per heavy atom. The van der Waals surface area contributed by atoms with Gasteiger partial charge in [-0.1, -0.05) is 31.2 Å². The van der Waals surface area contributed by atoms with Crippen molar-refractivity contribution >= 4 is 17.0 Å². The number of fused-ring (bicyclic) bond motifs is 1. The van der Waals surface area contributed by atoms with Crippen LogP contribution in [0.1, 0.15) is 53.1 Å². The average molecular weight is 319 g/mol. The molecule has 0 bridgehead atoms. The summed E-state index contributed by atoms with van der Waals surface area (Å²) in [4.78, 5) is 15.0. The van der Waals surface area contributed by atoms with Gasteiger partial charge >= 0.3 is 0 Å². The van der Waals surface area contributed by atoms with Crippen molar-refractivity contribution in [3.8, 4) is 0 Å². The van der Waals surface area contributed by atoms with Gasteiger partial charge in [0.05, 0.1) is 11.7 Å². The molecule has 1 aromatic heterocycles. The summed E-state index contributed by atoms with van der Waals surface area (Å²) in [6.45, 7) is 4.82. The van der Waals surface area contributed by atoms with E-state index < -0.39 is 0 Å². The van der Waals surface area contributed by atoms with Crippen molar-refractivity contribution in [1.29, 1.82) is 0 Å². The molecule has 1 aromatic carbocycles. The first kappa shape index (κ1) is 14.8. The van der Waals surface area contributed by atoms with E-state index >= 15 is 0 Å². The topological polar surface area (TPSA) is 56.9 Å². The van der Waals surface area contributed by atoms with Gasteiger partial charge in [-0.05, 0) is 42.5 Å². The van der Waals surface area contributed by atoms with Crippen LogP contribution < -0.4 is 10.6 Å². The highest BCUT2D eigenvalue weighted by atomic mass is 16.1. The molecule has 2 aliphatic heterocycles. The molecule has 0 spiro atoms. The summed E-state index contributed by atoms with van der Waals surface area (Å²) in [5.41, 5.74) is 6.72. The van der Waals surface area contributed by atoms with Gasteiger partial charge in [0.25, 0.3) is 0 Å². The molecule has 0 radical (unpaired) electrons. The third-order valence-electron chi connectivity index (χ3n) is 4.81. The summed E-state index contributed by atoms with van der Waals surface area (Å²) < 4.78 is 0. The maximum atomic E-state index is 11.4. The van der Waals surface area contributed by atoms with E-state index in [1.54, 1.807) is 6.92 Å².